The first kappa shape index (κ1) is 16.5. The van der Waals surface area contributed by atoms with Gasteiger partial charge in [-0.1, -0.05) is 48.0 Å². The van der Waals surface area contributed by atoms with Crippen LogP contribution in [-0.2, 0) is 9.59 Å². The number of carbonyl (C=O) groups excluding carboxylic acids is 2. The van der Waals surface area contributed by atoms with Crippen LogP contribution < -0.4 is 5.01 Å². The third kappa shape index (κ3) is 2.42. The van der Waals surface area contributed by atoms with Gasteiger partial charge in [0.2, 0.25) is 0 Å². The Morgan fingerprint density at radius 3 is 2.38 bits per heavy atom. The first-order valence-electron chi connectivity index (χ1n) is 8.19. The van der Waals surface area contributed by atoms with Crippen molar-refractivity contribution in [3.63, 3.8) is 0 Å². The molecule has 0 bridgehead atoms. The second-order valence-electron chi connectivity index (χ2n) is 6.25. The predicted molar refractivity (Wildman–Crippen MR) is 103 cm³/mol. The van der Waals surface area contributed by atoms with Crippen LogP contribution in [0.15, 0.2) is 77.9 Å². The minimum absolute atomic E-state index is 0.139. The van der Waals surface area contributed by atoms with E-state index in [1.807, 2.05) is 37.3 Å². The van der Waals surface area contributed by atoms with Gasteiger partial charge in [0, 0.05) is 5.02 Å². The van der Waals surface area contributed by atoms with Crippen LogP contribution in [0.3, 0.4) is 0 Å². The maximum Gasteiger partial charge on any atom is 0.267 e. The van der Waals surface area contributed by atoms with Crippen LogP contribution in [0.4, 0.5) is 5.69 Å². The number of anilines is 1. The molecule has 1 atom stereocenters. The normalized spacial score (nSPS) is 22.0. The summed E-state index contributed by atoms with van der Waals surface area (Å²) in [6, 6.07) is 16.4. The fourth-order valence-electron chi connectivity index (χ4n) is 3.39. The minimum Gasteiger partial charge on any atom is -0.290 e. The zero-order valence-electron chi connectivity index (χ0n) is 14.0. The molecule has 128 valence electrons. The third-order valence-corrected chi connectivity index (χ3v) is 4.97. The third-order valence-electron chi connectivity index (χ3n) is 4.72. The Morgan fingerprint density at radius 1 is 1.00 bits per heavy atom. The van der Waals surface area contributed by atoms with E-state index in [9.17, 15) is 9.59 Å². The van der Waals surface area contributed by atoms with Crippen molar-refractivity contribution >= 4 is 40.3 Å². The van der Waals surface area contributed by atoms with Gasteiger partial charge in [-0.25, -0.2) is 0 Å². The van der Waals surface area contributed by atoms with Crippen LogP contribution in [0.25, 0.3) is 5.57 Å². The van der Waals surface area contributed by atoms with E-state index in [-0.39, 0.29) is 11.7 Å². The number of nitrogens with zero attached hydrogens (tertiary/aromatic N) is 2. The number of hydrogen-bond acceptors (Lipinski definition) is 3. The molecule has 4 nitrogen and oxygen atoms in total. The summed E-state index contributed by atoms with van der Waals surface area (Å²) in [5.41, 5.74) is 1.65. The lowest BCUT2D eigenvalue weighted by molar-refractivity contribution is -0.120. The Balaban J connectivity index is 1.84. The molecule has 0 aromatic heterocycles. The summed E-state index contributed by atoms with van der Waals surface area (Å²) < 4.78 is 0. The van der Waals surface area contributed by atoms with E-state index in [1.165, 1.54) is 17.2 Å². The molecular weight excluding hydrogens is 348 g/mol. The minimum atomic E-state index is -1.07. The lowest BCUT2D eigenvalue weighted by atomic mass is 9.70. The molecule has 0 fully saturated rings. The van der Waals surface area contributed by atoms with Gasteiger partial charge in [0.25, 0.3) is 5.91 Å². The molecule has 4 rings (SSSR count). The SMILES string of the molecule is CC1=NN(c2ccc(Cl)cc2)C(=O)C12C=CC(=O)C=C2c1ccccc1. The zero-order valence-corrected chi connectivity index (χ0v) is 14.8. The molecule has 1 aliphatic heterocycles. The molecule has 1 spiro atoms. The lowest BCUT2D eigenvalue weighted by Crippen LogP contribution is -2.40. The number of rotatable bonds is 2. The van der Waals surface area contributed by atoms with Crippen LogP contribution >= 0.6 is 11.6 Å². The number of carbonyl (C=O) groups is 2. The molecule has 1 unspecified atom stereocenters. The standard InChI is InChI=1S/C21H15ClN2O2/c1-14-21(20(26)24(23-14)17-9-7-16(22)8-10-17)12-11-18(25)13-19(21)15-5-3-2-4-6-15/h2-13H,1H3. The summed E-state index contributed by atoms with van der Waals surface area (Å²) in [5, 5.41) is 6.47. The highest BCUT2D eigenvalue weighted by Gasteiger charge is 2.52. The first-order chi connectivity index (χ1) is 12.5. The molecule has 1 aliphatic carbocycles. The summed E-state index contributed by atoms with van der Waals surface area (Å²) in [4.78, 5) is 25.5. The van der Waals surface area contributed by atoms with Crippen molar-refractivity contribution in [3.05, 3.63) is 83.4 Å². The molecule has 0 radical (unpaired) electrons. The van der Waals surface area contributed by atoms with Crippen molar-refractivity contribution in [3.8, 4) is 0 Å². The zero-order chi connectivity index (χ0) is 18.3. The maximum absolute atomic E-state index is 13.4. The largest absolute Gasteiger partial charge is 0.290 e. The van der Waals surface area contributed by atoms with Crippen molar-refractivity contribution in [2.24, 2.45) is 10.5 Å². The fraction of sp³-hybridized carbons (Fsp3) is 0.0952. The number of hydrazone groups is 1. The molecule has 2 aliphatic rings. The van der Waals surface area contributed by atoms with Gasteiger partial charge < -0.3 is 0 Å². The maximum atomic E-state index is 13.4. The van der Waals surface area contributed by atoms with E-state index in [0.29, 0.717) is 22.0 Å². The number of benzene rings is 2. The molecular formula is C21H15ClN2O2. The number of halogens is 1. The number of allylic oxidation sites excluding steroid dienone is 2. The van der Waals surface area contributed by atoms with E-state index < -0.39 is 5.41 Å². The molecule has 1 amide bonds. The van der Waals surface area contributed by atoms with E-state index >= 15 is 0 Å². The average molecular weight is 363 g/mol. The summed E-state index contributed by atoms with van der Waals surface area (Å²) in [6.07, 6.45) is 4.63. The molecule has 0 saturated carbocycles. The van der Waals surface area contributed by atoms with Crippen molar-refractivity contribution in [1.82, 2.24) is 0 Å². The van der Waals surface area contributed by atoms with E-state index in [1.54, 1.807) is 30.3 Å². The Hall–Kier alpha value is -2.98. The Morgan fingerprint density at radius 2 is 1.69 bits per heavy atom. The Kier molecular flexibility index (Phi) is 3.85. The molecule has 2 aromatic rings. The highest BCUT2D eigenvalue weighted by molar-refractivity contribution is 6.31. The van der Waals surface area contributed by atoms with Crippen molar-refractivity contribution < 1.29 is 9.59 Å². The van der Waals surface area contributed by atoms with E-state index in [0.717, 1.165) is 5.56 Å². The molecule has 26 heavy (non-hydrogen) atoms. The van der Waals surface area contributed by atoms with Crippen molar-refractivity contribution in [1.29, 1.82) is 0 Å². The van der Waals surface area contributed by atoms with Gasteiger partial charge in [-0.15, -0.1) is 0 Å². The fourth-order valence-corrected chi connectivity index (χ4v) is 3.51. The highest BCUT2D eigenvalue weighted by atomic mass is 35.5. The van der Waals surface area contributed by atoms with Gasteiger partial charge in [-0.3, -0.25) is 9.59 Å². The summed E-state index contributed by atoms with van der Waals surface area (Å²) >= 11 is 5.95. The van der Waals surface area contributed by atoms with Crippen molar-refractivity contribution in [2.45, 2.75) is 6.92 Å². The highest BCUT2D eigenvalue weighted by Crippen LogP contribution is 2.46. The first-order valence-corrected chi connectivity index (χ1v) is 8.57. The molecule has 5 heteroatoms. The van der Waals surface area contributed by atoms with Gasteiger partial charge in [-0.2, -0.15) is 10.1 Å². The Labute approximate surface area is 156 Å². The molecule has 0 N–H and O–H groups in total. The van der Waals surface area contributed by atoms with E-state index in [4.69, 9.17) is 11.6 Å². The number of hydrogen-bond donors (Lipinski definition) is 0. The summed E-state index contributed by atoms with van der Waals surface area (Å²) in [6.45, 7) is 1.81. The van der Waals surface area contributed by atoms with Gasteiger partial charge in [-0.05, 0) is 54.5 Å². The quantitative estimate of drug-likeness (QED) is 0.801. The second kappa shape index (κ2) is 6.07. The molecule has 1 heterocycles. The molecule has 0 saturated heterocycles. The van der Waals surface area contributed by atoms with Crippen LogP contribution in [0, 0.1) is 5.41 Å². The van der Waals surface area contributed by atoms with Gasteiger partial charge in [0.05, 0.1) is 11.4 Å². The smallest absolute Gasteiger partial charge is 0.267 e. The van der Waals surface area contributed by atoms with Crippen LogP contribution in [-0.4, -0.2) is 17.4 Å². The molecule has 2 aromatic carbocycles. The summed E-state index contributed by atoms with van der Waals surface area (Å²) in [7, 11) is 0. The monoisotopic (exact) mass is 362 g/mol. The van der Waals surface area contributed by atoms with Gasteiger partial charge >= 0.3 is 0 Å². The Bertz CT molecular complexity index is 990. The lowest BCUT2D eigenvalue weighted by Gasteiger charge is -2.30. The average Bonchev–Trinajstić information content (AvgIpc) is 2.90. The number of amides is 1. The topological polar surface area (TPSA) is 49.7 Å². The van der Waals surface area contributed by atoms with Crippen LogP contribution in [0.2, 0.25) is 5.02 Å². The number of ketones is 1. The van der Waals surface area contributed by atoms with Gasteiger partial charge in [0.1, 0.15) is 5.41 Å². The van der Waals surface area contributed by atoms with Crippen LogP contribution in [0.5, 0.6) is 0 Å². The predicted octanol–water partition coefficient (Wildman–Crippen LogP) is 4.27. The van der Waals surface area contributed by atoms with Crippen LogP contribution in [0.1, 0.15) is 12.5 Å². The summed E-state index contributed by atoms with van der Waals surface area (Å²) in [5.74, 6) is -0.351. The van der Waals surface area contributed by atoms with Crippen molar-refractivity contribution in [2.75, 3.05) is 5.01 Å². The second-order valence-corrected chi connectivity index (χ2v) is 6.68. The van der Waals surface area contributed by atoms with Gasteiger partial charge in [0.15, 0.2) is 5.78 Å². The van der Waals surface area contributed by atoms with E-state index in [2.05, 4.69) is 5.10 Å².